The average Bonchev–Trinajstić information content (AvgIpc) is 2.75. The van der Waals surface area contributed by atoms with E-state index in [1.54, 1.807) is 0 Å². The van der Waals surface area contributed by atoms with Gasteiger partial charge in [0.1, 0.15) is 0 Å². The Kier molecular flexibility index (Phi) is 6.19. The molecule has 2 aromatic carbocycles. The maximum Gasteiger partial charge on any atom is 0.253 e. The van der Waals surface area contributed by atoms with E-state index in [0.717, 1.165) is 31.2 Å². The van der Waals surface area contributed by atoms with Gasteiger partial charge < -0.3 is 5.32 Å². The molecule has 1 fully saturated rings. The zero-order valence-electron chi connectivity index (χ0n) is 17.1. The zero-order valence-corrected chi connectivity index (χ0v) is 18.7. The highest BCUT2D eigenvalue weighted by Gasteiger charge is 2.29. The second-order valence-electron chi connectivity index (χ2n) is 8.43. The number of hydrogen-bond donors (Lipinski definition) is 1. The van der Waals surface area contributed by atoms with E-state index >= 15 is 0 Å². The van der Waals surface area contributed by atoms with Crippen LogP contribution >= 0.6 is 11.6 Å². The van der Waals surface area contributed by atoms with Crippen molar-refractivity contribution >= 4 is 27.5 Å². The Hall–Kier alpha value is -1.89. The molecule has 0 unspecified atom stereocenters. The number of carbonyl (C=O) groups is 1. The molecule has 0 saturated heterocycles. The Bertz CT molecular complexity index is 1050. The summed E-state index contributed by atoms with van der Waals surface area (Å²) in [5, 5.41) is 3.30. The summed E-state index contributed by atoms with van der Waals surface area (Å²) < 4.78 is 28.0. The summed E-state index contributed by atoms with van der Waals surface area (Å²) >= 11 is 6.27. The number of fused-ring (bicyclic) bond motifs is 1. The van der Waals surface area contributed by atoms with Crippen molar-refractivity contribution in [2.75, 3.05) is 6.54 Å². The van der Waals surface area contributed by atoms with Crippen molar-refractivity contribution in [3.05, 3.63) is 64.2 Å². The molecular formula is C23H27ClN2O3S. The molecule has 1 aliphatic carbocycles. The number of amides is 1. The van der Waals surface area contributed by atoms with Gasteiger partial charge in [-0.05, 0) is 67.3 Å². The molecule has 1 aliphatic heterocycles. The first-order chi connectivity index (χ1) is 14.3. The van der Waals surface area contributed by atoms with Gasteiger partial charge in [0.25, 0.3) is 5.91 Å². The predicted molar refractivity (Wildman–Crippen MR) is 118 cm³/mol. The number of halogens is 1. The van der Waals surface area contributed by atoms with E-state index in [1.807, 2.05) is 24.3 Å². The zero-order chi connectivity index (χ0) is 21.3. The van der Waals surface area contributed by atoms with Gasteiger partial charge in [0.15, 0.2) is 0 Å². The van der Waals surface area contributed by atoms with Gasteiger partial charge in [0, 0.05) is 19.1 Å². The van der Waals surface area contributed by atoms with E-state index < -0.39 is 10.0 Å². The van der Waals surface area contributed by atoms with Gasteiger partial charge in [0.2, 0.25) is 10.0 Å². The van der Waals surface area contributed by atoms with Crippen LogP contribution < -0.4 is 5.32 Å². The van der Waals surface area contributed by atoms with Crippen molar-refractivity contribution in [3.8, 4) is 0 Å². The van der Waals surface area contributed by atoms with Crippen molar-refractivity contribution in [1.29, 1.82) is 0 Å². The normalized spacial score (nSPS) is 22.3. The summed E-state index contributed by atoms with van der Waals surface area (Å²) in [5.41, 5.74) is 2.42. The Morgan fingerprint density at radius 1 is 1.07 bits per heavy atom. The van der Waals surface area contributed by atoms with Crippen LogP contribution in [0.25, 0.3) is 0 Å². The van der Waals surface area contributed by atoms with Crippen LogP contribution in [0, 0.1) is 5.92 Å². The number of nitrogens with one attached hydrogen (secondary N) is 1. The van der Waals surface area contributed by atoms with Gasteiger partial charge in [-0.25, -0.2) is 8.42 Å². The number of hydrogen-bond acceptors (Lipinski definition) is 3. The van der Waals surface area contributed by atoms with Crippen molar-refractivity contribution < 1.29 is 13.2 Å². The largest absolute Gasteiger partial charge is 0.349 e. The van der Waals surface area contributed by atoms with Crippen LogP contribution in [0.1, 0.15) is 54.1 Å². The molecule has 30 heavy (non-hydrogen) atoms. The fraction of sp³-hybridized carbons (Fsp3) is 0.435. The summed E-state index contributed by atoms with van der Waals surface area (Å²) in [6.45, 7) is 2.98. The van der Waals surface area contributed by atoms with E-state index in [-0.39, 0.29) is 27.4 Å². The molecule has 7 heteroatoms. The molecular weight excluding hydrogens is 420 g/mol. The molecule has 1 amide bonds. The molecule has 160 valence electrons. The monoisotopic (exact) mass is 446 g/mol. The standard InChI is InChI=1S/C23H27ClN2O3S/c1-16-6-8-19(9-7-16)25-23(27)21-14-20(10-11-22(21)24)30(28,29)26-13-12-17-4-2-3-5-18(17)15-26/h2-5,10-11,14,16,19H,6-9,12-13,15H2,1H3,(H,25,27). The van der Waals surface area contributed by atoms with Crippen LogP contribution in [-0.4, -0.2) is 31.2 Å². The van der Waals surface area contributed by atoms with Crippen LogP contribution in [0.4, 0.5) is 0 Å². The highest BCUT2D eigenvalue weighted by Crippen LogP contribution is 2.28. The van der Waals surface area contributed by atoms with Crippen molar-refractivity contribution in [1.82, 2.24) is 9.62 Å². The van der Waals surface area contributed by atoms with E-state index in [9.17, 15) is 13.2 Å². The Balaban J connectivity index is 1.54. The van der Waals surface area contributed by atoms with Crippen molar-refractivity contribution in [2.24, 2.45) is 5.92 Å². The van der Waals surface area contributed by atoms with E-state index in [2.05, 4.69) is 12.2 Å². The first kappa shape index (κ1) is 21.3. The quantitative estimate of drug-likeness (QED) is 0.757. The maximum absolute atomic E-state index is 13.3. The molecule has 0 atom stereocenters. The van der Waals surface area contributed by atoms with Crippen LogP contribution in [0.3, 0.4) is 0 Å². The topological polar surface area (TPSA) is 66.5 Å². The molecule has 4 rings (SSSR count). The van der Waals surface area contributed by atoms with Crippen LogP contribution in [0.15, 0.2) is 47.4 Å². The molecule has 1 N–H and O–H groups in total. The minimum absolute atomic E-state index is 0.105. The molecule has 2 aliphatic rings. The lowest BCUT2D eigenvalue weighted by molar-refractivity contribution is 0.0923. The summed E-state index contributed by atoms with van der Waals surface area (Å²) in [4.78, 5) is 12.9. The molecule has 1 heterocycles. The molecule has 0 aromatic heterocycles. The smallest absolute Gasteiger partial charge is 0.253 e. The van der Waals surface area contributed by atoms with E-state index in [1.165, 1.54) is 28.1 Å². The lowest BCUT2D eigenvalue weighted by Crippen LogP contribution is -2.38. The van der Waals surface area contributed by atoms with Crippen molar-refractivity contribution in [3.63, 3.8) is 0 Å². The summed E-state index contributed by atoms with van der Waals surface area (Å²) in [6.07, 6.45) is 4.73. The van der Waals surface area contributed by atoms with Crippen molar-refractivity contribution in [2.45, 2.75) is 56.5 Å². The fourth-order valence-electron chi connectivity index (χ4n) is 4.33. The highest BCUT2D eigenvalue weighted by atomic mass is 35.5. The second-order valence-corrected chi connectivity index (χ2v) is 10.8. The molecule has 0 spiro atoms. The van der Waals surface area contributed by atoms with Gasteiger partial charge >= 0.3 is 0 Å². The highest BCUT2D eigenvalue weighted by molar-refractivity contribution is 7.89. The number of nitrogens with zero attached hydrogens (tertiary/aromatic N) is 1. The third kappa shape index (κ3) is 4.41. The summed E-state index contributed by atoms with van der Waals surface area (Å²) in [7, 11) is -3.72. The van der Waals surface area contributed by atoms with Crippen LogP contribution in [0.2, 0.25) is 5.02 Å². The number of sulfonamides is 1. The third-order valence-corrected chi connectivity index (χ3v) is 8.44. The second kappa shape index (κ2) is 8.69. The van der Waals surface area contributed by atoms with E-state index in [4.69, 9.17) is 11.6 Å². The van der Waals surface area contributed by atoms with Crippen LogP contribution in [-0.2, 0) is 23.0 Å². The molecule has 0 radical (unpaired) electrons. The van der Waals surface area contributed by atoms with Gasteiger partial charge in [-0.2, -0.15) is 4.31 Å². The predicted octanol–water partition coefficient (Wildman–Crippen LogP) is 4.40. The number of carbonyl (C=O) groups excluding carboxylic acids is 1. The minimum atomic E-state index is -3.72. The van der Waals surface area contributed by atoms with Gasteiger partial charge in [0.05, 0.1) is 15.5 Å². The summed E-state index contributed by atoms with van der Waals surface area (Å²) in [5.74, 6) is 0.380. The number of rotatable bonds is 4. The first-order valence-electron chi connectivity index (χ1n) is 10.5. The summed E-state index contributed by atoms with van der Waals surface area (Å²) in [6, 6.07) is 12.4. The van der Waals surface area contributed by atoms with E-state index in [0.29, 0.717) is 25.4 Å². The SMILES string of the molecule is CC1CCC(NC(=O)c2cc(S(=O)(=O)N3CCc4ccccc4C3)ccc2Cl)CC1. The molecule has 1 saturated carbocycles. The number of benzene rings is 2. The molecule has 2 aromatic rings. The van der Waals surface area contributed by atoms with Crippen LogP contribution in [0.5, 0.6) is 0 Å². The van der Waals surface area contributed by atoms with Gasteiger partial charge in [-0.3, -0.25) is 4.79 Å². The molecule has 5 nitrogen and oxygen atoms in total. The fourth-order valence-corrected chi connectivity index (χ4v) is 5.98. The lowest BCUT2D eigenvalue weighted by atomic mass is 9.87. The third-order valence-electron chi connectivity index (χ3n) is 6.27. The Morgan fingerprint density at radius 3 is 2.50 bits per heavy atom. The average molecular weight is 447 g/mol. The Morgan fingerprint density at radius 2 is 1.77 bits per heavy atom. The van der Waals surface area contributed by atoms with Gasteiger partial charge in [-0.1, -0.05) is 42.8 Å². The maximum atomic E-state index is 13.3. The van der Waals surface area contributed by atoms with Gasteiger partial charge in [-0.15, -0.1) is 0 Å². The minimum Gasteiger partial charge on any atom is -0.349 e. The molecule has 0 bridgehead atoms. The lowest BCUT2D eigenvalue weighted by Gasteiger charge is -2.28. The Labute approximate surface area is 183 Å². The first-order valence-corrected chi connectivity index (χ1v) is 12.3.